The molecule has 0 spiro atoms. The molecule has 0 N–H and O–H groups in total. The van der Waals surface area contributed by atoms with Crippen LogP contribution in [0, 0.1) is 50.3 Å². The molecule has 168 valence electrons. The Kier molecular flexibility index (Phi) is 19.4. The second-order valence-electron chi connectivity index (χ2n) is 5.40. The molecule has 0 radical (unpaired) electrons. The van der Waals surface area contributed by atoms with E-state index in [1.165, 1.54) is 14.2 Å². The summed E-state index contributed by atoms with van der Waals surface area (Å²) in [6, 6.07) is 7.83. The van der Waals surface area contributed by atoms with E-state index in [4.69, 9.17) is 0 Å². The summed E-state index contributed by atoms with van der Waals surface area (Å²) in [5, 5.41) is 0. The largest absolute Gasteiger partial charge is 4.00 e. The van der Waals surface area contributed by atoms with Gasteiger partial charge in [-0.05, 0) is 0 Å². The molecule has 0 saturated carbocycles. The molecule has 31 heavy (non-hydrogen) atoms. The van der Waals surface area contributed by atoms with Crippen LogP contribution in [0.15, 0.2) is 24.3 Å². The van der Waals surface area contributed by atoms with E-state index in [-0.39, 0.29) is 73.8 Å². The predicted octanol–water partition coefficient (Wildman–Crippen LogP) is 4.87. The fraction of sp³-hybridized carbons (Fsp3) is 0.273. The van der Waals surface area contributed by atoms with Crippen molar-refractivity contribution in [2.45, 2.75) is 12.8 Å². The molecule has 0 aliphatic carbocycles. The Bertz CT molecular complexity index is 749. The first-order chi connectivity index (χ1) is 13.3. The van der Waals surface area contributed by atoms with Gasteiger partial charge in [0.15, 0.2) is 0 Å². The predicted molar refractivity (Wildman–Crippen MR) is 105 cm³/mol. The molecule has 0 unspecified atom stereocenters. The monoisotopic (exact) mass is 476 g/mol. The third-order valence-corrected chi connectivity index (χ3v) is 3.39. The minimum absolute atomic E-state index is 0. The van der Waals surface area contributed by atoms with Crippen molar-refractivity contribution in [2.24, 2.45) is 0 Å². The van der Waals surface area contributed by atoms with Gasteiger partial charge in [-0.15, -0.1) is 24.3 Å². The van der Waals surface area contributed by atoms with E-state index in [0.29, 0.717) is 0 Å². The van der Waals surface area contributed by atoms with Gasteiger partial charge < -0.3 is 33.9 Å². The fourth-order valence-electron chi connectivity index (χ4n) is 1.98. The van der Waals surface area contributed by atoms with Crippen molar-refractivity contribution in [2.75, 3.05) is 27.4 Å². The molecule has 2 aromatic carbocycles. The Morgan fingerprint density at radius 1 is 0.742 bits per heavy atom. The molecule has 0 aliphatic rings. The zero-order valence-corrected chi connectivity index (χ0v) is 19.3. The van der Waals surface area contributed by atoms with Crippen LogP contribution < -0.4 is 0 Å². The number of rotatable bonds is 8. The van der Waals surface area contributed by atoms with Gasteiger partial charge >= 0.3 is 21.7 Å². The van der Waals surface area contributed by atoms with Crippen molar-refractivity contribution in [3.63, 3.8) is 0 Å². The SMILES string of the molecule is COCCC(=O)c1ccc(F)[c-]c1F.COCCC(=O)c1ccc(F)[c-]c1F.[CH3-].[CH3-].[Ti+4]. The third-order valence-electron chi connectivity index (χ3n) is 3.39. The summed E-state index contributed by atoms with van der Waals surface area (Å²) in [5.41, 5.74) is -0.299. The quantitative estimate of drug-likeness (QED) is 0.236. The van der Waals surface area contributed by atoms with E-state index >= 15 is 0 Å². The van der Waals surface area contributed by atoms with Crippen LogP contribution in [0.4, 0.5) is 17.6 Å². The maximum absolute atomic E-state index is 13.0. The summed E-state index contributed by atoms with van der Waals surface area (Å²) in [7, 11) is 2.89. The van der Waals surface area contributed by atoms with Gasteiger partial charge in [0.05, 0.1) is 13.2 Å². The van der Waals surface area contributed by atoms with Gasteiger partial charge in [0.25, 0.3) is 0 Å². The van der Waals surface area contributed by atoms with Crippen molar-refractivity contribution in [1.29, 1.82) is 0 Å². The molecular weight excluding hydrogens is 452 g/mol. The normalized spacial score (nSPS) is 9.23. The first-order valence-corrected chi connectivity index (χ1v) is 8.09. The fourth-order valence-corrected chi connectivity index (χ4v) is 1.98. The van der Waals surface area contributed by atoms with E-state index in [2.05, 4.69) is 9.47 Å². The molecule has 0 aromatic heterocycles. The number of benzene rings is 2. The maximum atomic E-state index is 13.0. The first-order valence-electron chi connectivity index (χ1n) is 8.09. The number of carbonyl (C=O) groups is 2. The number of hydrogen-bond acceptors (Lipinski definition) is 4. The number of Topliss-reactive ketones (excluding diaryl/α,β-unsaturated/α-hetero) is 2. The van der Waals surface area contributed by atoms with Gasteiger partial charge in [-0.2, -0.15) is 12.1 Å². The third kappa shape index (κ3) is 11.9. The summed E-state index contributed by atoms with van der Waals surface area (Å²) in [4.78, 5) is 22.5. The Hall–Kier alpha value is -1.87. The van der Waals surface area contributed by atoms with E-state index in [1.54, 1.807) is 12.1 Å². The number of methoxy groups -OCH3 is 2. The van der Waals surface area contributed by atoms with E-state index < -0.39 is 34.8 Å². The van der Waals surface area contributed by atoms with E-state index in [0.717, 1.165) is 24.3 Å². The van der Waals surface area contributed by atoms with Gasteiger partial charge in [-0.25, -0.2) is 17.6 Å². The zero-order chi connectivity index (χ0) is 21.1. The van der Waals surface area contributed by atoms with Gasteiger partial charge in [0.1, 0.15) is 11.6 Å². The molecule has 0 amide bonds. The van der Waals surface area contributed by atoms with Crippen LogP contribution in [0.2, 0.25) is 0 Å². The van der Waals surface area contributed by atoms with E-state index in [1.807, 2.05) is 0 Å². The van der Waals surface area contributed by atoms with Crippen LogP contribution in [0.3, 0.4) is 0 Å². The molecule has 2 rings (SSSR count). The topological polar surface area (TPSA) is 52.6 Å². The van der Waals surface area contributed by atoms with Crippen molar-refractivity contribution in [1.82, 2.24) is 0 Å². The smallest absolute Gasteiger partial charge is 0.384 e. The molecular formula is C22H24F4O4Ti. The first kappa shape index (κ1) is 33.8. The number of hydrogen-bond donors (Lipinski definition) is 0. The summed E-state index contributed by atoms with van der Waals surface area (Å²) in [6.07, 6.45) is 0.153. The second kappa shape index (κ2) is 17.8. The Morgan fingerprint density at radius 3 is 1.32 bits per heavy atom. The van der Waals surface area contributed by atoms with Crippen LogP contribution in [0.25, 0.3) is 0 Å². The maximum Gasteiger partial charge on any atom is 4.00 e. The van der Waals surface area contributed by atoms with Gasteiger partial charge in [0.2, 0.25) is 0 Å². The Morgan fingerprint density at radius 2 is 1.06 bits per heavy atom. The number of ketones is 2. The number of halogens is 4. The second-order valence-corrected chi connectivity index (χ2v) is 5.40. The van der Waals surface area contributed by atoms with E-state index in [9.17, 15) is 27.2 Å². The van der Waals surface area contributed by atoms with Crippen LogP contribution >= 0.6 is 0 Å². The van der Waals surface area contributed by atoms with Crippen LogP contribution in [0.5, 0.6) is 0 Å². The minimum atomic E-state index is -0.953. The van der Waals surface area contributed by atoms with Crippen molar-refractivity contribution in [3.8, 4) is 0 Å². The number of ether oxygens (including phenoxy) is 2. The van der Waals surface area contributed by atoms with Gasteiger partial charge in [-0.1, -0.05) is 11.1 Å². The summed E-state index contributed by atoms with van der Waals surface area (Å²) < 4.78 is 60.1. The molecule has 2 aromatic rings. The van der Waals surface area contributed by atoms with Crippen LogP contribution in [0.1, 0.15) is 33.6 Å². The molecule has 0 atom stereocenters. The average molecular weight is 476 g/mol. The molecule has 9 heteroatoms. The van der Waals surface area contributed by atoms with Crippen molar-refractivity contribution < 1.29 is 58.3 Å². The van der Waals surface area contributed by atoms with Crippen molar-refractivity contribution >= 4 is 11.6 Å². The number of carbonyl (C=O) groups excluding carboxylic acids is 2. The summed E-state index contributed by atoms with van der Waals surface area (Å²) in [6.45, 7) is 0.436. The molecule has 0 bridgehead atoms. The van der Waals surface area contributed by atoms with Crippen LogP contribution in [-0.2, 0) is 31.2 Å². The Labute approximate surface area is 195 Å². The molecule has 0 heterocycles. The molecule has 4 nitrogen and oxygen atoms in total. The van der Waals surface area contributed by atoms with Gasteiger partial charge in [0, 0.05) is 50.3 Å². The summed E-state index contributed by atoms with van der Waals surface area (Å²) >= 11 is 0. The molecule has 0 saturated heterocycles. The van der Waals surface area contributed by atoms with Crippen molar-refractivity contribution in [3.05, 3.63) is 85.6 Å². The average Bonchev–Trinajstić information content (AvgIpc) is 2.64. The Balaban J connectivity index is -0.000000461. The standard InChI is InChI=1S/2C10H9F2O2.2CH3.Ti/c2*1-14-5-4-10(13)8-3-2-7(11)6-9(8)12;;;/h2*2-3H,4-5H2,1H3;2*1H3;/q4*-1;+4. The van der Waals surface area contributed by atoms with Gasteiger partial charge in [-0.3, -0.25) is 0 Å². The summed E-state index contributed by atoms with van der Waals surface area (Å²) in [5.74, 6) is -4.37. The van der Waals surface area contributed by atoms with Crippen LogP contribution in [-0.4, -0.2) is 39.0 Å². The molecule has 0 fully saturated rings. The zero-order valence-electron chi connectivity index (χ0n) is 17.8. The minimum Gasteiger partial charge on any atom is -0.384 e. The molecule has 0 aliphatic heterocycles.